The Morgan fingerprint density at radius 3 is 2.58 bits per heavy atom. The molecule has 0 saturated carbocycles. The van der Waals surface area contributed by atoms with E-state index in [0.29, 0.717) is 5.56 Å². The maximum absolute atomic E-state index is 12.2. The smallest absolute Gasteiger partial charge is 0.257 e. The third kappa shape index (κ3) is 2.49. The molecule has 3 rings (SSSR count). The molecule has 0 unspecified atom stereocenters. The van der Waals surface area contributed by atoms with E-state index in [1.165, 1.54) is 0 Å². The van der Waals surface area contributed by atoms with E-state index < -0.39 is 0 Å². The molecule has 2 N–H and O–H groups in total. The number of amides is 1. The zero-order valence-corrected chi connectivity index (χ0v) is 12.1. The third-order valence-corrected chi connectivity index (χ3v) is 3.66. The molecule has 3 aromatic rings. The minimum absolute atomic E-state index is 0.0985. The maximum Gasteiger partial charge on any atom is 0.257 e. The molecule has 0 aliphatic heterocycles. The van der Waals surface area contributed by atoms with E-state index in [-0.39, 0.29) is 5.91 Å². The number of benzene rings is 2. The van der Waals surface area contributed by atoms with Crippen LogP contribution in [0.25, 0.3) is 10.9 Å². The van der Waals surface area contributed by atoms with Gasteiger partial charge in [0, 0.05) is 26.4 Å². The maximum atomic E-state index is 12.2. The summed E-state index contributed by atoms with van der Waals surface area (Å²) in [5, 5.41) is 3.84. The van der Waals surface area contributed by atoms with Gasteiger partial charge in [0.2, 0.25) is 0 Å². The van der Waals surface area contributed by atoms with E-state index in [9.17, 15) is 4.79 Å². The van der Waals surface area contributed by atoms with Crippen molar-refractivity contribution in [1.82, 2.24) is 4.98 Å². The van der Waals surface area contributed by atoms with Crippen molar-refractivity contribution in [3.05, 3.63) is 63.9 Å². The average molecular weight is 362 g/mol. The lowest BCUT2D eigenvalue weighted by Gasteiger charge is -2.04. The Morgan fingerprint density at radius 1 is 1.05 bits per heavy atom. The van der Waals surface area contributed by atoms with Crippen molar-refractivity contribution in [1.29, 1.82) is 0 Å². The van der Waals surface area contributed by atoms with Gasteiger partial charge in [0.05, 0.1) is 5.56 Å². The second-order valence-corrected chi connectivity index (χ2v) is 5.45. The summed E-state index contributed by atoms with van der Waals surface area (Å²) in [4.78, 5) is 15.3. The molecule has 3 nitrogen and oxygen atoms in total. The van der Waals surface area contributed by atoms with E-state index in [1.807, 2.05) is 48.5 Å². The summed E-state index contributed by atoms with van der Waals surface area (Å²) >= 11 is 2.23. The summed E-state index contributed by atoms with van der Waals surface area (Å²) in [6.45, 7) is 0. The molecule has 0 fully saturated rings. The number of fused-ring (bicyclic) bond motifs is 1. The summed E-state index contributed by atoms with van der Waals surface area (Å²) in [6.07, 6.45) is 1.74. The number of hydrogen-bond acceptors (Lipinski definition) is 1. The molecular weight excluding hydrogens is 351 g/mol. The minimum atomic E-state index is -0.0985. The van der Waals surface area contributed by atoms with Gasteiger partial charge >= 0.3 is 0 Å². The number of aromatic amines is 1. The van der Waals surface area contributed by atoms with E-state index in [2.05, 4.69) is 32.9 Å². The summed E-state index contributed by atoms with van der Waals surface area (Å²) in [7, 11) is 0. The van der Waals surface area contributed by atoms with Gasteiger partial charge in [0.15, 0.2) is 0 Å². The fourth-order valence-corrected chi connectivity index (χ4v) is 2.35. The number of carbonyl (C=O) groups is 1. The van der Waals surface area contributed by atoms with Gasteiger partial charge in [-0.1, -0.05) is 18.2 Å². The highest BCUT2D eigenvalue weighted by atomic mass is 127. The van der Waals surface area contributed by atoms with Gasteiger partial charge in [-0.2, -0.15) is 0 Å². The highest BCUT2D eigenvalue weighted by Crippen LogP contribution is 2.19. The van der Waals surface area contributed by atoms with Gasteiger partial charge in [-0.25, -0.2) is 0 Å². The molecule has 94 valence electrons. The monoisotopic (exact) mass is 362 g/mol. The normalized spacial score (nSPS) is 10.6. The molecule has 1 amide bonds. The first kappa shape index (κ1) is 12.2. The third-order valence-electron chi connectivity index (χ3n) is 2.94. The Kier molecular flexibility index (Phi) is 3.25. The first-order valence-corrected chi connectivity index (χ1v) is 6.95. The molecule has 1 heterocycles. The molecular formula is C15H11IN2O. The minimum Gasteiger partial charge on any atom is -0.360 e. The number of para-hydroxylation sites is 1. The SMILES string of the molecule is O=C(Nc1ccc(I)cc1)c1c[nH]c2ccccc12. The van der Waals surface area contributed by atoms with Crippen LogP contribution >= 0.6 is 22.6 Å². The second kappa shape index (κ2) is 5.05. The molecule has 0 aliphatic carbocycles. The second-order valence-electron chi connectivity index (χ2n) is 4.21. The van der Waals surface area contributed by atoms with Gasteiger partial charge in [-0.3, -0.25) is 4.79 Å². The van der Waals surface area contributed by atoms with Crippen LogP contribution < -0.4 is 5.32 Å². The lowest BCUT2D eigenvalue weighted by atomic mass is 10.1. The Balaban J connectivity index is 1.90. The fraction of sp³-hybridized carbons (Fsp3) is 0. The average Bonchev–Trinajstić information content (AvgIpc) is 2.85. The number of anilines is 1. The molecule has 0 saturated heterocycles. The first-order chi connectivity index (χ1) is 9.24. The Morgan fingerprint density at radius 2 is 1.79 bits per heavy atom. The number of hydrogen-bond donors (Lipinski definition) is 2. The van der Waals surface area contributed by atoms with Crippen LogP contribution in [0.2, 0.25) is 0 Å². The van der Waals surface area contributed by atoms with Crippen molar-refractivity contribution in [2.45, 2.75) is 0 Å². The van der Waals surface area contributed by atoms with Crippen molar-refractivity contribution in [2.24, 2.45) is 0 Å². The predicted octanol–water partition coefficient (Wildman–Crippen LogP) is 4.02. The Hall–Kier alpha value is -1.82. The van der Waals surface area contributed by atoms with E-state index in [0.717, 1.165) is 20.2 Å². The van der Waals surface area contributed by atoms with Crippen LogP contribution in [0.4, 0.5) is 5.69 Å². The molecule has 0 bridgehead atoms. The van der Waals surface area contributed by atoms with Crippen LogP contribution in [0.1, 0.15) is 10.4 Å². The van der Waals surface area contributed by atoms with Crippen molar-refractivity contribution >= 4 is 45.1 Å². The van der Waals surface area contributed by atoms with Gasteiger partial charge < -0.3 is 10.3 Å². The predicted molar refractivity (Wildman–Crippen MR) is 85.4 cm³/mol. The van der Waals surface area contributed by atoms with Gasteiger partial charge in [0.1, 0.15) is 0 Å². The Bertz CT molecular complexity index is 731. The van der Waals surface area contributed by atoms with E-state index in [4.69, 9.17) is 0 Å². The molecule has 19 heavy (non-hydrogen) atoms. The van der Waals surface area contributed by atoms with E-state index in [1.54, 1.807) is 6.20 Å². The molecule has 1 aromatic heterocycles. The van der Waals surface area contributed by atoms with Crippen LogP contribution in [0.15, 0.2) is 54.7 Å². The highest BCUT2D eigenvalue weighted by molar-refractivity contribution is 14.1. The number of carbonyl (C=O) groups excluding carboxylic acids is 1. The largest absolute Gasteiger partial charge is 0.360 e. The standard InChI is InChI=1S/C15H11IN2O/c16-10-5-7-11(8-6-10)18-15(19)13-9-17-14-4-2-1-3-12(13)14/h1-9,17H,(H,18,19). The van der Waals surface area contributed by atoms with Gasteiger partial charge in [-0.15, -0.1) is 0 Å². The quantitative estimate of drug-likeness (QED) is 0.665. The van der Waals surface area contributed by atoms with Crippen LogP contribution in [-0.4, -0.2) is 10.9 Å². The van der Waals surface area contributed by atoms with Crippen molar-refractivity contribution in [2.75, 3.05) is 5.32 Å². The van der Waals surface area contributed by atoms with Crippen LogP contribution in [0, 0.1) is 3.57 Å². The number of aromatic nitrogens is 1. The first-order valence-electron chi connectivity index (χ1n) is 5.87. The molecule has 4 heteroatoms. The molecule has 0 atom stereocenters. The molecule has 0 radical (unpaired) electrons. The van der Waals surface area contributed by atoms with Crippen molar-refractivity contribution in [3.63, 3.8) is 0 Å². The zero-order chi connectivity index (χ0) is 13.2. The summed E-state index contributed by atoms with van der Waals surface area (Å²) in [5.74, 6) is -0.0985. The van der Waals surface area contributed by atoms with Crippen LogP contribution in [0.5, 0.6) is 0 Å². The van der Waals surface area contributed by atoms with Crippen molar-refractivity contribution in [3.8, 4) is 0 Å². The highest BCUT2D eigenvalue weighted by Gasteiger charge is 2.11. The lowest BCUT2D eigenvalue weighted by molar-refractivity contribution is 0.102. The zero-order valence-electron chi connectivity index (χ0n) is 9.98. The number of nitrogens with one attached hydrogen (secondary N) is 2. The van der Waals surface area contributed by atoms with Crippen molar-refractivity contribution < 1.29 is 4.79 Å². The van der Waals surface area contributed by atoms with Gasteiger partial charge in [-0.05, 0) is 52.9 Å². The van der Waals surface area contributed by atoms with Crippen LogP contribution in [-0.2, 0) is 0 Å². The van der Waals surface area contributed by atoms with Gasteiger partial charge in [0.25, 0.3) is 5.91 Å². The number of H-pyrrole nitrogens is 1. The van der Waals surface area contributed by atoms with E-state index >= 15 is 0 Å². The summed E-state index contributed by atoms with van der Waals surface area (Å²) in [5.41, 5.74) is 2.43. The molecule has 0 aliphatic rings. The molecule has 2 aromatic carbocycles. The summed E-state index contributed by atoms with van der Waals surface area (Å²) < 4.78 is 1.14. The number of halogens is 1. The summed E-state index contributed by atoms with van der Waals surface area (Å²) in [6, 6.07) is 15.5. The fourth-order valence-electron chi connectivity index (χ4n) is 1.99. The lowest BCUT2D eigenvalue weighted by Crippen LogP contribution is -2.11. The number of rotatable bonds is 2. The van der Waals surface area contributed by atoms with Crippen LogP contribution in [0.3, 0.4) is 0 Å². The Labute approximate surface area is 124 Å². The molecule has 0 spiro atoms. The topological polar surface area (TPSA) is 44.9 Å².